The van der Waals surface area contributed by atoms with Crippen molar-refractivity contribution in [3.63, 3.8) is 0 Å². The fraction of sp³-hybridized carbons (Fsp3) is 0.333. The van der Waals surface area contributed by atoms with Gasteiger partial charge in [0.05, 0.1) is 7.11 Å². The van der Waals surface area contributed by atoms with Crippen molar-refractivity contribution in [2.45, 2.75) is 6.54 Å². The molecule has 5 heteroatoms. The van der Waals surface area contributed by atoms with E-state index in [1.54, 1.807) is 18.5 Å². The standard InChI is InChI=1S/C6H9N3O2/c1-11-8-6(10)5-9-4-2-3-7-9/h2-4H,5H2,1H3,(H,8,10). The fourth-order valence-electron chi connectivity index (χ4n) is 0.687. The van der Waals surface area contributed by atoms with Gasteiger partial charge in [-0.15, -0.1) is 0 Å². The van der Waals surface area contributed by atoms with Crippen molar-refractivity contribution in [1.82, 2.24) is 15.3 Å². The van der Waals surface area contributed by atoms with E-state index in [0.29, 0.717) is 0 Å². The Kier molecular flexibility index (Phi) is 2.62. The van der Waals surface area contributed by atoms with Crippen molar-refractivity contribution in [3.8, 4) is 0 Å². The zero-order valence-electron chi connectivity index (χ0n) is 6.15. The summed E-state index contributed by atoms with van der Waals surface area (Å²) in [5.74, 6) is -0.226. The number of hydrogen-bond acceptors (Lipinski definition) is 3. The van der Waals surface area contributed by atoms with Crippen LogP contribution < -0.4 is 5.48 Å². The predicted molar refractivity (Wildman–Crippen MR) is 37.4 cm³/mol. The highest BCUT2D eigenvalue weighted by Gasteiger charge is 1.99. The number of hydroxylamine groups is 1. The number of carbonyl (C=O) groups is 1. The second-order valence-electron chi connectivity index (χ2n) is 1.93. The molecular formula is C6H9N3O2. The minimum Gasteiger partial charge on any atom is -0.277 e. The number of amides is 1. The number of carbonyl (C=O) groups excluding carboxylic acids is 1. The topological polar surface area (TPSA) is 56.1 Å². The van der Waals surface area contributed by atoms with E-state index in [1.165, 1.54) is 11.8 Å². The highest BCUT2D eigenvalue weighted by atomic mass is 16.6. The van der Waals surface area contributed by atoms with E-state index < -0.39 is 0 Å². The summed E-state index contributed by atoms with van der Waals surface area (Å²) in [6.45, 7) is 0.181. The quantitative estimate of drug-likeness (QED) is 0.602. The molecule has 1 amide bonds. The van der Waals surface area contributed by atoms with Gasteiger partial charge in [-0.2, -0.15) is 5.10 Å². The van der Waals surface area contributed by atoms with Gasteiger partial charge in [-0.3, -0.25) is 14.3 Å². The third kappa shape index (κ3) is 2.38. The molecule has 1 heterocycles. The summed E-state index contributed by atoms with van der Waals surface area (Å²) in [5, 5.41) is 3.84. The first-order valence-electron chi connectivity index (χ1n) is 3.12. The first-order chi connectivity index (χ1) is 5.33. The Morgan fingerprint density at radius 2 is 2.64 bits per heavy atom. The molecule has 0 fully saturated rings. The minimum absolute atomic E-state index is 0.181. The van der Waals surface area contributed by atoms with Gasteiger partial charge in [-0.25, -0.2) is 5.48 Å². The molecule has 0 bridgehead atoms. The van der Waals surface area contributed by atoms with Crippen molar-refractivity contribution in [2.24, 2.45) is 0 Å². The molecule has 0 aliphatic heterocycles. The van der Waals surface area contributed by atoms with Crippen LogP contribution in [0.5, 0.6) is 0 Å². The van der Waals surface area contributed by atoms with Crippen LogP contribution >= 0.6 is 0 Å². The van der Waals surface area contributed by atoms with E-state index in [2.05, 4.69) is 15.4 Å². The molecule has 0 saturated carbocycles. The van der Waals surface area contributed by atoms with Gasteiger partial charge in [0, 0.05) is 12.4 Å². The molecule has 0 aliphatic rings. The van der Waals surface area contributed by atoms with Crippen LogP contribution in [0.2, 0.25) is 0 Å². The zero-order chi connectivity index (χ0) is 8.10. The molecular weight excluding hydrogens is 146 g/mol. The van der Waals surface area contributed by atoms with Gasteiger partial charge in [-0.1, -0.05) is 0 Å². The minimum atomic E-state index is -0.226. The van der Waals surface area contributed by atoms with E-state index in [9.17, 15) is 4.79 Å². The van der Waals surface area contributed by atoms with Gasteiger partial charge in [0.15, 0.2) is 0 Å². The first kappa shape index (κ1) is 7.74. The summed E-state index contributed by atoms with van der Waals surface area (Å²) in [6, 6.07) is 1.75. The summed E-state index contributed by atoms with van der Waals surface area (Å²) in [7, 11) is 1.39. The maximum Gasteiger partial charge on any atom is 0.265 e. The van der Waals surface area contributed by atoms with Gasteiger partial charge in [-0.05, 0) is 6.07 Å². The summed E-state index contributed by atoms with van der Waals surface area (Å²) in [5.41, 5.74) is 2.18. The average Bonchev–Trinajstić information content (AvgIpc) is 2.40. The Labute approximate surface area is 63.9 Å². The van der Waals surface area contributed by atoms with Crippen molar-refractivity contribution >= 4 is 5.91 Å². The van der Waals surface area contributed by atoms with Crippen molar-refractivity contribution < 1.29 is 9.63 Å². The van der Waals surface area contributed by atoms with Gasteiger partial charge in [0.1, 0.15) is 6.54 Å². The smallest absolute Gasteiger partial charge is 0.265 e. The van der Waals surface area contributed by atoms with Gasteiger partial charge >= 0.3 is 0 Å². The summed E-state index contributed by atoms with van der Waals surface area (Å²) >= 11 is 0. The maximum absolute atomic E-state index is 10.8. The second-order valence-corrected chi connectivity index (χ2v) is 1.93. The van der Waals surface area contributed by atoms with Crippen LogP contribution in [0.1, 0.15) is 0 Å². The van der Waals surface area contributed by atoms with Crippen molar-refractivity contribution in [2.75, 3.05) is 7.11 Å². The molecule has 0 spiro atoms. The zero-order valence-corrected chi connectivity index (χ0v) is 6.15. The molecule has 0 aromatic carbocycles. The third-order valence-corrected chi connectivity index (χ3v) is 1.08. The number of rotatable bonds is 3. The Morgan fingerprint density at radius 3 is 3.18 bits per heavy atom. The number of nitrogens with zero attached hydrogens (tertiary/aromatic N) is 2. The Morgan fingerprint density at radius 1 is 1.82 bits per heavy atom. The summed E-state index contributed by atoms with van der Waals surface area (Å²) in [4.78, 5) is 15.2. The fourth-order valence-corrected chi connectivity index (χ4v) is 0.687. The Balaban J connectivity index is 2.37. The summed E-state index contributed by atoms with van der Waals surface area (Å²) in [6.07, 6.45) is 3.31. The number of aromatic nitrogens is 2. The van der Waals surface area contributed by atoms with Gasteiger partial charge < -0.3 is 0 Å². The molecule has 1 N–H and O–H groups in total. The van der Waals surface area contributed by atoms with Gasteiger partial charge in [0.25, 0.3) is 5.91 Å². The SMILES string of the molecule is CONC(=O)Cn1cccn1. The average molecular weight is 155 g/mol. The maximum atomic E-state index is 10.8. The van der Waals surface area contributed by atoms with Crippen LogP contribution in [0.3, 0.4) is 0 Å². The van der Waals surface area contributed by atoms with Crippen molar-refractivity contribution in [1.29, 1.82) is 0 Å². The largest absolute Gasteiger partial charge is 0.277 e. The molecule has 5 nitrogen and oxygen atoms in total. The van der Waals surface area contributed by atoms with Crippen LogP contribution in [0.15, 0.2) is 18.5 Å². The molecule has 0 aliphatic carbocycles. The highest BCUT2D eigenvalue weighted by molar-refractivity contribution is 5.74. The lowest BCUT2D eigenvalue weighted by Crippen LogP contribution is -2.26. The molecule has 1 aromatic rings. The monoisotopic (exact) mass is 155 g/mol. The molecule has 0 unspecified atom stereocenters. The van der Waals surface area contributed by atoms with Gasteiger partial charge in [0.2, 0.25) is 0 Å². The van der Waals surface area contributed by atoms with Crippen LogP contribution in [-0.2, 0) is 16.2 Å². The normalized spacial score (nSPS) is 9.55. The predicted octanol–water partition coefficient (Wildman–Crippen LogP) is -0.439. The van der Waals surface area contributed by atoms with E-state index in [0.717, 1.165) is 0 Å². The van der Waals surface area contributed by atoms with Crippen molar-refractivity contribution in [3.05, 3.63) is 18.5 Å². The van der Waals surface area contributed by atoms with E-state index in [4.69, 9.17) is 0 Å². The van der Waals surface area contributed by atoms with Crippen LogP contribution in [0.4, 0.5) is 0 Å². The van der Waals surface area contributed by atoms with Crippen LogP contribution in [0.25, 0.3) is 0 Å². The molecule has 1 rings (SSSR count). The lowest BCUT2D eigenvalue weighted by Gasteiger charge is -2.00. The number of hydrogen-bond donors (Lipinski definition) is 1. The summed E-state index contributed by atoms with van der Waals surface area (Å²) < 4.78 is 1.51. The van der Waals surface area contributed by atoms with Crippen LogP contribution in [0, 0.1) is 0 Å². The second kappa shape index (κ2) is 3.72. The lowest BCUT2D eigenvalue weighted by atomic mass is 10.6. The number of nitrogens with one attached hydrogen (secondary N) is 1. The highest BCUT2D eigenvalue weighted by Crippen LogP contribution is 1.83. The molecule has 1 aromatic heterocycles. The Bertz CT molecular complexity index is 220. The molecule has 11 heavy (non-hydrogen) atoms. The Hall–Kier alpha value is -1.36. The van der Waals surface area contributed by atoms with E-state index in [-0.39, 0.29) is 12.5 Å². The van der Waals surface area contributed by atoms with E-state index in [1.807, 2.05) is 0 Å². The van der Waals surface area contributed by atoms with Crippen LogP contribution in [-0.4, -0.2) is 22.8 Å². The molecule has 0 radical (unpaired) electrons. The first-order valence-corrected chi connectivity index (χ1v) is 3.12. The molecule has 60 valence electrons. The lowest BCUT2D eigenvalue weighted by molar-refractivity contribution is -0.132. The third-order valence-electron chi connectivity index (χ3n) is 1.08. The van der Waals surface area contributed by atoms with E-state index >= 15 is 0 Å². The molecule has 0 saturated heterocycles. The molecule has 0 atom stereocenters.